The van der Waals surface area contributed by atoms with Gasteiger partial charge in [-0.25, -0.2) is 0 Å². The normalized spacial score (nSPS) is 35.1. The van der Waals surface area contributed by atoms with Crippen molar-refractivity contribution < 1.29 is 5.11 Å². The number of nitrogens with one attached hydrogen (secondary N) is 1. The van der Waals surface area contributed by atoms with Gasteiger partial charge in [-0.15, -0.1) is 0 Å². The van der Waals surface area contributed by atoms with Gasteiger partial charge in [0.1, 0.15) is 0 Å². The van der Waals surface area contributed by atoms with Crippen LogP contribution >= 0.6 is 0 Å². The van der Waals surface area contributed by atoms with Crippen LogP contribution in [0.25, 0.3) is 0 Å². The predicted octanol–water partition coefficient (Wildman–Crippen LogP) is 1.75. The van der Waals surface area contributed by atoms with Crippen LogP contribution < -0.4 is 5.32 Å². The van der Waals surface area contributed by atoms with Gasteiger partial charge in [-0.3, -0.25) is 4.90 Å². The SMILES string of the molecule is CCCN(C1CCCNC1)C1CCCCC1O. The molecular formula is C14H28N2O. The maximum atomic E-state index is 10.2. The minimum Gasteiger partial charge on any atom is -0.391 e. The average Bonchev–Trinajstić information content (AvgIpc) is 2.38. The molecule has 3 unspecified atom stereocenters. The summed E-state index contributed by atoms with van der Waals surface area (Å²) in [5, 5.41) is 13.7. The van der Waals surface area contributed by atoms with Crippen molar-refractivity contribution in [1.82, 2.24) is 10.2 Å². The van der Waals surface area contributed by atoms with Crippen LogP contribution in [0, 0.1) is 0 Å². The number of nitrogens with zero attached hydrogens (tertiary/aromatic N) is 1. The summed E-state index contributed by atoms with van der Waals surface area (Å²) < 4.78 is 0. The monoisotopic (exact) mass is 240 g/mol. The Labute approximate surface area is 106 Å². The molecule has 3 atom stereocenters. The van der Waals surface area contributed by atoms with E-state index in [1.165, 1.54) is 45.1 Å². The molecule has 2 N–H and O–H groups in total. The van der Waals surface area contributed by atoms with Crippen LogP contribution in [0.3, 0.4) is 0 Å². The Bertz CT molecular complexity index is 216. The van der Waals surface area contributed by atoms with Gasteiger partial charge in [-0.05, 0) is 45.2 Å². The highest BCUT2D eigenvalue weighted by Crippen LogP contribution is 2.26. The second-order valence-electron chi connectivity index (χ2n) is 5.66. The van der Waals surface area contributed by atoms with Crippen LogP contribution in [-0.4, -0.2) is 47.8 Å². The summed E-state index contributed by atoms with van der Waals surface area (Å²) in [4.78, 5) is 2.61. The molecule has 1 saturated heterocycles. The molecule has 0 bridgehead atoms. The molecule has 0 aromatic rings. The van der Waals surface area contributed by atoms with Gasteiger partial charge in [0.25, 0.3) is 0 Å². The molecule has 3 nitrogen and oxygen atoms in total. The zero-order chi connectivity index (χ0) is 12.1. The topological polar surface area (TPSA) is 35.5 Å². The summed E-state index contributed by atoms with van der Waals surface area (Å²) in [6, 6.07) is 1.08. The summed E-state index contributed by atoms with van der Waals surface area (Å²) in [5.41, 5.74) is 0. The highest BCUT2D eigenvalue weighted by molar-refractivity contribution is 4.89. The molecule has 0 aromatic heterocycles. The highest BCUT2D eigenvalue weighted by atomic mass is 16.3. The number of rotatable bonds is 4. The Morgan fingerprint density at radius 1 is 1.18 bits per heavy atom. The van der Waals surface area contributed by atoms with Gasteiger partial charge in [0.05, 0.1) is 6.10 Å². The van der Waals surface area contributed by atoms with E-state index < -0.39 is 0 Å². The van der Waals surface area contributed by atoms with E-state index in [0.29, 0.717) is 12.1 Å². The Kier molecular flexibility index (Phi) is 5.26. The zero-order valence-electron chi connectivity index (χ0n) is 11.2. The van der Waals surface area contributed by atoms with Gasteiger partial charge in [-0.1, -0.05) is 19.8 Å². The third-order valence-electron chi connectivity index (χ3n) is 4.34. The van der Waals surface area contributed by atoms with Gasteiger partial charge in [0.2, 0.25) is 0 Å². The van der Waals surface area contributed by atoms with Crippen molar-refractivity contribution in [2.24, 2.45) is 0 Å². The second kappa shape index (κ2) is 6.72. The van der Waals surface area contributed by atoms with Gasteiger partial charge in [0, 0.05) is 18.6 Å². The Morgan fingerprint density at radius 3 is 2.65 bits per heavy atom. The molecule has 0 amide bonds. The van der Waals surface area contributed by atoms with E-state index in [0.717, 1.165) is 19.5 Å². The maximum absolute atomic E-state index is 10.2. The first kappa shape index (κ1) is 13.3. The summed E-state index contributed by atoms with van der Waals surface area (Å²) in [6.07, 6.45) is 8.40. The quantitative estimate of drug-likeness (QED) is 0.786. The average molecular weight is 240 g/mol. The number of hydrogen-bond donors (Lipinski definition) is 2. The van der Waals surface area contributed by atoms with Crippen LogP contribution in [0.2, 0.25) is 0 Å². The van der Waals surface area contributed by atoms with Crippen molar-refractivity contribution in [3.8, 4) is 0 Å². The maximum Gasteiger partial charge on any atom is 0.0695 e. The van der Waals surface area contributed by atoms with E-state index >= 15 is 0 Å². The van der Waals surface area contributed by atoms with Gasteiger partial charge >= 0.3 is 0 Å². The fourth-order valence-corrected chi connectivity index (χ4v) is 3.47. The molecule has 1 saturated carbocycles. The first-order valence-electron chi connectivity index (χ1n) is 7.47. The van der Waals surface area contributed by atoms with E-state index in [1.54, 1.807) is 0 Å². The number of aliphatic hydroxyl groups excluding tert-OH is 1. The first-order chi connectivity index (χ1) is 8.33. The minimum absolute atomic E-state index is 0.0859. The van der Waals surface area contributed by atoms with Crippen molar-refractivity contribution in [2.75, 3.05) is 19.6 Å². The van der Waals surface area contributed by atoms with Crippen molar-refractivity contribution in [1.29, 1.82) is 0 Å². The molecular weight excluding hydrogens is 212 g/mol. The van der Waals surface area contributed by atoms with Crippen molar-refractivity contribution in [3.63, 3.8) is 0 Å². The molecule has 2 rings (SSSR count). The molecule has 1 heterocycles. The molecule has 2 fully saturated rings. The number of hydrogen-bond acceptors (Lipinski definition) is 3. The van der Waals surface area contributed by atoms with Gasteiger partial charge < -0.3 is 10.4 Å². The largest absolute Gasteiger partial charge is 0.391 e. The summed E-state index contributed by atoms with van der Waals surface area (Å²) in [7, 11) is 0. The third-order valence-corrected chi connectivity index (χ3v) is 4.34. The van der Waals surface area contributed by atoms with E-state index in [1.807, 2.05) is 0 Å². The molecule has 0 spiro atoms. The van der Waals surface area contributed by atoms with E-state index in [4.69, 9.17) is 0 Å². The molecule has 100 valence electrons. The van der Waals surface area contributed by atoms with Crippen LogP contribution in [-0.2, 0) is 0 Å². The Hall–Kier alpha value is -0.120. The van der Waals surface area contributed by atoms with Crippen molar-refractivity contribution in [3.05, 3.63) is 0 Å². The zero-order valence-corrected chi connectivity index (χ0v) is 11.2. The molecule has 0 aromatic carbocycles. The molecule has 1 aliphatic heterocycles. The van der Waals surface area contributed by atoms with E-state index in [-0.39, 0.29) is 6.10 Å². The van der Waals surface area contributed by atoms with E-state index in [2.05, 4.69) is 17.1 Å². The first-order valence-corrected chi connectivity index (χ1v) is 7.47. The molecule has 3 heteroatoms. The molecule has 0 radical (unpaired) electrons. The minimum atomic E-state index is -0.0859. The summed E-state index contributed by atoms with van der Waals surface area (Å²) in [6.45, 7) is 5.68. The standard InChI is InChI=1S/C14H28N2O/c1-2-10-16(12-6-5-9-15-11-12)13-7-3-4-8-14(13)17/h12-15,17H,2-11H2,1H3. The fourth-order valence-electron chi connectivity index (χ4n) is 3.47. The lowest BCUT2D eigenvalue weighted by atomic mass is 9.89. The summed E-state index contributed by atoms with van der Waals surface area (Å²) in [5.74, 6) is 0. The van der Waals surface area contributed by atoms with Crippen LogP contribution in [0.15, 0.2) is 0 Å². The lowest BCUT2D eigenvalue weighted by molar-refractivity contribution is -0.00695. The van der Waals surface area contributed by atoms with Crippen LogP contribution in [0.5, 0.6) is 0 Å². The number of aliphatic hydroxyl groups is 1. The Morgan fingerprint density at radius 2 is 2.00 bits per heavy atom. The van der Waals surface area contributed by atoms with Crippen molar-refractivity contribution in [2.45, 2.75) is 70.1 Å². The molecule has 1 aliphatic carbocycles. The van der Waals surface area contributed by atoms with Crippen LogP contribution in [0.4, 0.5) is 0 Å². The van der Waals surface area contributed by atoms with Crippen LogP contribution in [0.1, 0.15) is 51.9 Å². The lowest BCUT2D eigenvalue weighted by Gasteiger charge is -2.43. The van der Waals surface area contributed by atoms with Crippen molar-refractivity contribution >= 4 is 0 Å². The fraction of sp³-hybridized carbons (Fsp3) is 1.00. The third kappa shape index (κ3) is 3.43. The smallest absolute Gasteiger partial charge is 0.0695 e. The number of piperidine rings is 1. The predicted molar refractivity (Wildman–Crippen MR) is 71.2 cm³/mol. The Balaban J connectivity index is 1.98. The van der Waals surface area contributed by atoms with E-state index in [9.17, 15) is 5.11 Å². The molecule has 2 aliphatic rings. The lowest BCUT2D eigenvalue weighted by Crippen LogP contribution is -2.55. The molecule has 17 heavy (non-hydrogen) atoms. The summed E-state index contributed by atoms with van der Waals surface area (Å²) >= 11 is 0. The highest BCUT2D eigenvalue weighted by Gasteiger charge is 2.32. The van der Waals surface area contributed by atoms with Gasteiger partial charge in [0.15, 0.2) is 0 Å². The second-order valence-corrected chi connectivity index (χ2v) is 5.66. The van der Waals surface area contributed by atoms with Gasteiger partial charge in [-0.2, -0.15) is 0 Å².